The van der Waals surface area contributed by atoms with E-state index in [1.807, 2.05) is 0 Å². The normalized spacial score (nSPS) is 14.2. The Bertz CT molecular complexity index is 335. The van der Waals surface area contributed by atoms with Crippen molar-refractivity contribution in [1.29, 1.82) is 0 Å². The van der Waals surface area contributed by atoms with E-state index >= 15 is 0 Å². The standard InChI is InChI=1S/C11H18ClN3O/c1-4-11(2,5-6-12)15-9-7-13-8-10(14-9)16-3/h7-8H,4-6H2,1-3H3,(H,14,15). The minimum absolute atomic E-state index is 0.0528. The second-order valence-corrected chi connectivity index (χ2v) is 4.30. The molecule has 0 saturated carbocycles. The quantitative estimate of drug-likeness (QED) is 0.781. The van der Waals surface area contributed by atoms with Crippen LogP contribution in [0.4, 0.5) is 5.82 Å². The molecule has 90 valence electrons. The fourth-order valence-corrected chi connectivity index (χ4v) is 1.77. The first kappa shape index (κ1) is 13.0. The number of ether oxygens (including phenoxy) is 1. The summed E-state index contributed by atoms with van der Waals surface area (Å²) in [6.07, 6.45) is 5.11. The lowest BCUT2D eigenvalue weighted by Gasteiger charge is -2.29. The SMILES string of the molecule is CCC(C)(CCCl)Nc1cncc(OC)n1. The van der Waals surface area contributed by atoms with E-state index in [0.29, 0.717) is 17.6 Å². The number of methoxy groups -OCH3 is 1. The van der Waals surface area contributed by atoms with Crippen molar-refractivity contribution < 1.29 is 4.74 Å². The Kier molecular flexibility index (Phi) is 4.80. The minimum atomic E-state index is -0.0528. The van der Waals surface area contributed by atoms with Gasteiger partial charge in [0.1, 0.15) is 5.82 Å². The van der Waals surface area contributed by atoms with Crippen molar-refractivity contribution in [1.82, 2.24) is 9.97 Å². The molecule has 1 aromatic rings. The summed E-state index contributed by atoms with van der Waals surface area (Å²) in [6, 6.07) is 0. The molecule has 0 aliphatic heterocycles. The van der Waals surface area contributed by atoms with Crippen LogP contribution in [0.1, 0.15) is 26.7 Å². The van der Waals surface area contributed by atoms with Gasteiger partial charge in [0, 0.05) is 11.4 Å². The highest BCUT2D eigenvalue weighted by molar-refractivity contribution is 6.17. The Morgan fingerprint density at radius 3 is 2.81 bits per heavy atom. The molecule has 1 aromatic heterocycles. The number of anilines is 1. The van der Waals surface area contributed by atoms with Gasteiger partial charge in [-0.1, -0.05) is 6.92 Å². The van der Waals surface area contributed by atoms with Gasteiger partial charge in [0.05, 0.1) is 19.5 Å². The molecule has 0 saturated heterocycles. The van der Waals surface area contributed by atoms with Crippen LogP contribution in [0.2, 0.25) is 0 Å². The minimum Gasteiger partial charge on any atom is -0.480 e. The van der Waals surface area contributed by atoms with Gasteiger partial charge in [0.2, 0.25) is 5.88 Å². The highest BCUT2D eigenvalue weighted by Crippen LogP contribution is 2.21. The van der Waals surface area contributed by atoms with Gasteiger partial charge in [-0.05, 0) is 19.8 Å². The molecule has 1 N–H and O–H groups in total. The van der Waals surface area contributed by atoms with Crippen LogP contribution in [0.5, 0.6) is 5.88 Å². The highest BCUT2D eigenvalue weighted by Gasteiger charge is 2.21. The fourth-order valence-electron chi connectivity index (χ4n) is 1.35. The Hall–Kier alpha value is -1.03. The average molecular weight is 244 g/mol. The molecular weight excluding hydrogens is 226 g/mol. The molecule has 0 amide bonds. The summed E-state index contributed by atoms with van der Waals surface area (Å²) in [4.78, 5) is 8.32. The zero-order valence-electron chi connectivity index (χ0n) is 9.96. The second-order valence-electron chi connectivity index (χ2n) is 3.92. The van der Waals surface area contributed by atoms with E-state index in [2.05, 4.69) is 29.1 Å². The number of nitrogens with zero attached hydrogens (tertiary/aromatic N) is 2. The summed E-state index contributed by atoms with van der Waals surface area (Å²) in [5.41, 5.74) is -0.0528. The Morgan fingerprint density at radius 2 is 2.25 bits per heavy atom. The third-order valence-corrected chi connectivity index (χ3v) is 2.87. The van der Waals surface area contributed by atoms with Crippen molar-refractivity contribution in [3.05, 3.63) is 12.4 Å². The number of hydrogen-bond acceptors (Lipinski definition) is 4. The maximum Gasteiger partial charge on any atom is 0.233 e. The summed E-state index contributed by atoms with van der Waals surface area (Å²) < 4.78 is 5.02. The summed E-state index contributed by atoms with van der Waals surface area (Å²) in [5.74, 6) is 1.84. The van der Waals surface area contributed by atoms with Gasteiger partial charge in [-0.2, -0.15) is 4.98 Å². The molecule has 0 aromatic carbocycles. The van der Waals surface area contributed by atoms with Crippen molar-refractivity contribution in [2.75, 3.05) is 18.3 Å². The van der Waals surface area contributed by atoms with Gasteiger partial charge in [0.25, 0.3) is 0 Å². The van der Waals surface area contributed by atoms with Gasteiger partial charge in [-0.25, -0.2) is 0 Å². The van der Waals surface area contributed by atoms with Crippen LogP contribution >= 0.6 is 11.6 Å². The topological polar surface area (TPSA) is 47.0 Å². The monoisotopic (exact) mass is 243 g/mol. The van der Waals surface area contributed by atoms with Crippen molar-refractivity contribution >= 4 is 17.4 Å². The molecule has 1 heterocycles. The first-order valence-electron chi connectivity index (χ1n) is 5.33. The van der Waals surface area contributed by atoms with Crippen LogP contribution in [-0.4, -0.2) is 28.5 Å². The Morgan fingerprint density at radius 1 is 1.50 bits per heavy atom. The summed E-state index contributed by atoms with van der Waals surface area (Å²) in [6.45, 7) is 4.24. The van der Waals surface area contributed by atoms with Gasteiger partial charge in [-0.15, -0.1) is 11.6 Å². The van der Waals surface area contributed by atoms with E-state index in [1.54, 1.807) is 19.5 Å². The molecule has 0 aliphatic rings. The molecule has 0 spiro atoms. The van der Waals surface area contributed by atoms with Crippen LogP contribution in [0, 0.1) is 0 Å². The van der Waals surface area contributed by atoms with Crippen LogP contribution in [0.15, 0.2) is 12.4 Å². The Labute approximate surface area is 101 Å². The summed E-state index contributed by atoms with van der Waals surface area (Å²) in [5, 5.41) is 3.34. The van der Waals surface area contributed by atoms with Gasteiger partial charge >= 0.3 is 0 Å². The molecule has 1 rings (SSSR count). The van der Waals surface area contributed by atoms with Crippen molar-refractivity contribution in [3.63, 3.8) is 0 Å². The molecule has 0 bridgehead atoms. The smallest absolute Gasteiger partial charge is 0.233 e. The maximum absolute atomic E-state index is 5.79. The molecule has 0 aliphatic carbocycles. The number of rotatable bonds is 6. The number of hydrogen-bond donors (Lipinski definition) is 1. The van der Waals surface area contributed by atoms with Crippen molar-refractivity contribution in [3.8, 4) is 5.88 Å². The predicted octanol–water partition coefficient (Wildman–Crippen LogP) is 2.69. The molecule has 5 heteroatoms. The third-order valence-electron chi connectivity index (χ3n) is 2.68. The van der Waals surface area contributed by atoms with Gasteiger partial charge in [0.15, 0.2) is 0 Å². The van der Waals surface area contributed by atoms with Crippen LogP contribution < -0.4 is 10.1 Å². The molecule has 4 nitrogen and oxygen atoms in total. The first-order valence-corrected chi connectivity index (χ1v) is 5.87. The van der Waals surface area contributed by atoms with E-state index in [4.69, 9.17) is 16.3 Å². The van der Waals surface area contributed by atoms with Crippen LogP contribution in [0.25, 0.3) is 0 Å². The van der Waals surface area contributed by atoms with Gasteiger partial charge < -0.3 is 10.1 Å². The first-order chi connectivity index (χ1) is 7.63. The number of nitrogens with one attached hydrogen (secondary N) is 1. The largest absolute Gasteiger partial charge is 0.480 e. The average Bonchev–Trinajstić information content (AvgIpc) is 2.29. The molecule has 16 heavy (non-hydrogen) atoms. The lowest BCUT2D eigenvalue weighted by Crippen LogP contribution is -2.34. The summed E-state index contributed by atoms with van der Waals surface area (Å²) >= 11 is 5.79. The second kappa shape index (κ2) is 5.89. The zero-order chi connectivity index (χ0) is 12.0. The molecule has 1 unspecified atom stereocenters. The number of aromatic nitrogens is 2. The predicted molar refractivity (Wildman–Crippen MR) is 66.2 cm³/mol. The van der Waals surface area contributed by atoms with E-state index in [-0.39, 0.29) is 5.54 Å². The molecule has 1 atom stereocenters. The maximum atomic E-state index is 5.79. The summed E-state index contributed by atoms with van der Waals surface area (Å²) in [7, 11) is 1.57. The van der Waals surface area contributed by atoms with E-state index in [0.717, 1.165) is 12.8 Å². The highest BCUT2D eigenvalue weighted by atomic mass is 35.5. The van der Waals surface area contributed by atoms with Crippen molar-refractivity contribution in [2.24, 2.45) is 0 Å². The molecular formula is C11H18ClN3O. The van der Waals surface area contributed by atoms with E-state index in [9.17, 15) is 0 Å². The lowest BCUT2D eigenvalue weighted by atomic mass is 9.95. The van der Waals surface area contributed by atoms with Gasteiger partial charge in [-0.3, -0.25) is 4.98 Å². The van der Waals surface area contributed by atoms with Crippen LogP contribution in [-0.2, 0) is 0 Å². The van der Waals surface area contributed by atoms with Crippen LogP contribution in [0.3, 0.4) is 0 Å². The Balaban J connectivity index is 2.77. The van der Waals surface area contributed by atoms with Crippen molar-refractivity contribution in [2.45, 2.75) is 32.2 Å². The number of alkyl halides is 1. The molecule has 0 fully saturated rings. The molecule has 0 radical (unpaired) electrons. The van der Waals surface area contributed by atoms with E-state index < -0.39 is 0 Å². The zero-order valence-corrected chi connectivity index (χ0v) is 10.7. The lowest BCUT2D eigenvalue weighted by molar-refractivity contribution is 0.395. The fraction of sp³-hybridized carbons (Fsp3) is 0.636. The third kappa shape index (κ3) is 3.52. The number of halogens is 1. The van der Waals surface area contributed by atoms with E-state index in [1.165, 1.54) is 0 Å².